The van der Waals surface area contributed by atoms with Gasteiger partial charge in [0.05, 0.1) is 16.7 Å². The molecule has 0 N–H and O–H groups in total. The lowest BCUT2D eigenvalue weighted by Gasteiger charge is -2.30. The highest BCUT2D eigenvalue weighted by molar-refractivity contribution is 6.11. The molecule has 0 atom stereocenters. The number of benzene rings is 8. The standard InChI is InChI=1S/C54H42N2/c1-53(2)45-24-12-8-19-38(45)44-33-36(30-32-47(44)53)55(37-29-31-41-39-20-10-15-28-50(39)56(51(41)34-37)35-17-6-5-7-18-35)49-27-14-11-21-40(49)42-23-16-26-48-52(42)43-22-9-13-25-46(43)54(48,3)4/h5-34H,1-4H3. The monoisotopic (exact) mass is 718 g/mol. The van der Waals surface area contributed by atoms with Gasteiger partial charge in [-0.25, -0.2) is 0 Å². The first kappa shape index (κ1) is 32.8. The van der Waals surface area contributed by atoms with E-state index in [0.717, 1.165) is 22.7 Å². The average Bonchev–Trinajstić information content (AvgIpc) is 3.78. The van der Waals surface area contributed by atoms with Gasteiger partial charge >= 0.3 is 0 Å². The van der Waals surface area contributed by atoms with Crippen LogP contribution in [0.2, 0.25) is 0 Å². The van der Waals surface area contributed by atoms with Gasteiger partial charge in [0.2, 0.25) is 0 Å². The molecule has 0 bridgehead atoms. The Labute approximate surface area is 328 Å². The number of hydrogen-bond donors (Lipinski definition) is 0. The van der Waals surface area contributed by atoms with Crippen LogP contribution in [0.25, 0.3) is 60.9 Å². The minimum absolute atomic E-state index is 0.0759. The molecule has 2 aliphatic rings. The van der Waals surface area contributed by atoms with E-state index in [1.165, 1.54) is 77.4 Å². The molecule has 0 aliphatic heterocycles. The summed E-state index contributed by atoms with van der Waals surface area (Å²) in [4.78, 5) is 2.50. The maximum absolute atomic E-state index is 2.50. The zero-order valence-corrected chi connectivity index (χ0v) is 32.2. The number of fused-ring (bicyclic) bond motifs is 9. The van der Waals surface area contributed by atoms with Gasteiger partial charge in [-0.15, -0.1) is 0 Å². The molecule has 0 spiro atoms. The highest BCUT2D eigenvalue weighted by atomic mass is 15.1. The molecule has 1 heterocycles. The second-order valence-electron chi connectivity index (χ2n) is 16.5. The predicted octanol–water partition coefficient (Wildman–Crippen LogP) is 14.5. The molecule has 1 aromatic heterocycles. The van der Waals surface area contributed by atoms with Crippen molar-refractivity contribution in [2.75, 3.05) is 4.90 Å². The third-order valence-corrected chi connectivity index (χ3v) is 12.8. The van der Waals surface area contributed by atoms with Crippen molar-refractivity contribution in [3.05, 3.63) is 204 Å². The second kappa shape index (κ2) is 11.9. The summed E-state index contributed by atoms with van der Waals surface area (Å²) in [5.41, 5.74) is 20.1. The molecule has 0 saturated carbocycles. The molecule has 0 unspecified atom stereocenters. The summed E-state index contributed by atoms with van der Waals surface area (Å²) in [6, 6.07) is 67.6. The van der Waals surface area contributed by atoms with Crippen LogP contribution in [0.4, 0.5) is 17.1 Å². The summed E-state index contributed by atoms with van der Waals surface area (Å²) in [6.45, 7) is 9.45. The van der Waals surface area contributed by atoms with Crippen molar-refractivity contribution in [2.45, 2.75) is 38.5 Å². The Bertz CT molecular complexity index is 3030. The fourth-order valence-corrected chi connectivity index (χ4v) is 10.1. The fourth-order valence-electron chi connectivity index (χ4n) is 10.1. The summed E-state index contributed by atoms with van der Waals surface area (Å²) < 4.78 is 2.42. The average molecular weight is 719 g/mol. The maximum atomic E-state index is 2.50. The van der Waals surface area contributed by atoms with Gasteiger partial charge in [0.25, 0.3) is 0 Å². The quantitative estimate of drug-likeness (QED) is 0.172. The largest absolute Gasteiger partial charge is 0.310 e. The Morgan fingerprint density at radius 2 is 0.929 bits per heavy atom. The molecule has 56 heavy (non-hydrogen) atoms. The highest BCUT2D eigenvalue weighted by Gasteiger charge is 2.38. The van der Waals surface area contributed by atoms with Gasteiger partial charge in [-0.2, -0.15) is 0 Å². The Morgan fingerprint density at radius 1 is 0.375 bits per heavy atom. The molecule has 0 saturated heterocycles. The molecule has 0 fully saturated rings. The van der Waals surface area contributed by atoms with Crippen molar-refractivity contribution in [1.29, 1.82) is 0 Å². The summed E-state index contributed by atoms with van der Waals surface area (Å²) in [5.74, 6) is 0. The first-order valence-corrected chi connectivity index (χ1v) is 19.8. The molecule has 0 radical (unpaired) electrons. The van der Waals surface area contributed by atoms with Gasteiger partial charge in [-0.05, 0) is 98.6 Å². The van der Waals surface area contributed by atoms with Crippen molar-refractivity contribution >= 4 is 38.9 Å². The van der Waals surface area contributed by atoms with Crippen molar-refractivity contribution in [3.8, 4) is 39.1 Å². The normalized spacial score (nSPS) is 14.4. The molecule has 2 nitrogen and oxygen atoms in total. The molecular weight excluding hydrogens is 677 g/mol. The van der Waals surface area contributed by atoms with Crippen LogP contribution < -0.4 is 4.90 Å². The lowest BCUT2D eigenvalue weighted by atomic mass is 9.82. The molecular formula is C54H42N2. The van der Waals surface area contributed by atoms with Gasteiger partial charge in [0.15, 0.2) is 0 Å². The number of hydrogen-bond acceptors (Lipinski definition) is 1. The summed E-state index contributed by atoms with van der Waals surface area (Å²) in [5, 5.41) is 2.49. The first-order valence-electron chi connectivity index (χ1n) is 19.8. The molecule has 0 amide bonds. The summed E-state index contributed by atoms with van der Waals surface area (Å²) >= 11 is 0. The molecule has 268 valence electrons. The van der Waals surface area contributed by atoms with E-state index >= 15 is 0 Å². The van der Waals surface area contributed by atoms with Crippen LogP contribution in [-0.4, -0.2) is 4.57 Å². The van der Waals surface area contributed by atoms with Crippen molar-refractivity contribution in [2.24, 2.45) is 0 Å². The van der Waals surface area contributed by atoms with Gasteiger partial charge in [0.1, 0.15) is 0 Å². The Kier molecular flexibility index (Phi) is 6.98. The minimum Gasteiger partial charge on any atom is -0.310 e. The Balaban J connectivity index is 1.20. The van der Waals surface area contributed by atoms with E-state index in [1.807, 2.05) is 0 Å². The molecule has 2 aliphatic carbocycles. The van der Waals surface area contributed by atoms with Crippen LogP contribution in [0.5, 0.6) is 0 Å². The van der Waals surface area contributed by atoms with Gasteiger partial charge < -0.3 is 9.47 Å². The number of aromatic nitrogens is 1. The summed E-state index contributed by atoms with van der Waals surface area (Å²) in [6.07, 6.45) is 0. The zero-order chi connectivity index (χ0) is 37.8. The number of para-hydroxylation sites is 3. The lowest BCUT2D eigenvalue weighted by Crippen LogP contribution is -2.16. The fraction of sp³-hybridized carbons (Fsp3) is 0.111. The maximum Gasteiger partial charge on any atom is 0.0561 e. The van der Waals surface area contributed by atoms with E-state index < -0.39 is 0 Å². The molecule has 2 heteroatoms. The third-order valence-electron chi connectivity index (χ3n) is 12.8. The highest BCUT2D eigenvalue weighted by Crippen LogP contribution is 2.55. The smallest absolute Gasteiger partial charge is 0.0561 e. The Hall–Kier alpha value is -6.64. The third kappa shape index (κ3) is 4.56. The van der Waals surface area contributed by atoms with Crippen LogP contribution in [0.3, 0.4) is 0 Å². The van der Waals surface area contributed by atoms with Gasteiger partial charge in [0, 0.05) is 44.2 Å². The van der Waals surface area contributed by atoms with E-state index in [1.54, 1.807) is 0 Å². The number of rotatable bonds is 5. The number of nitrogens with zero attached hydrogens (tertiary/aromatic N) is 2. The first-order chi connectivity index (χ1) is 27.3. The van der Waals surface area contributed by atoms with Crippen molar-refractivity contribution < 1.29 is 0 Å². The lowest BCUT2D eigenvalue weighted by molar-refractivity contribution is 0.660. The van der Waals surface area contributed by atoms with Crippen molar-refractivity contribution in [3.63, 3.8) is 0 Å². The van der Waals surface area contributed by atoms with Crippen molar-refractivity contribution in [1.82, 2.24) is 4.57 Å². The van der Waals surface area contributed by atoms with Crippen LogP contribution in [0.1, 0.15) is 49.9 Å². The van der Waals surface area contributed by atoms with Crippen LogP contribution in [0, 0.1) is 0 Å². The predicted molar refractivity (Wildman–Crippen MR) is 236 cm³/mol. The molecule has 9 aromatic rings. The zero-order valence-electron chi connectivity index (χ0n) is 32.2. The minimum atomic E-state index is -0.0906. The molecule has 8 aromatic carbocycles. The van der Waals surface area contributed by atoms with E-state index in [0.29, 0.717) is 0 Å². The van der Waals surface area contributed by atoms with Gasteiger partial charge in [-0.3, -0.25) is 0 Å². The second-order valence-corrected chi connectivity index (χ2v) is 16.5. The molecule has 11 rings (SSSR count). The van der Waals surface area contributed by atoms with E-state index in [-0.39, 0.29) is 10.8 Å². The Morgan fingerprint density at radius 3 is 1.75 bits per heavy atom. The summed E-state index contributed by atoms with van der Waals surface area (Å²) in [7, 11) is 0. The van der Waals surface area contributed by atoms with Crippen LogP contribution in [-0.2, 0) is 10.8 Å². The SMILES string of the molecule is CC1(C)c2ccccc2-c2cc(N(c3ccc4c5ccccc5n(-c5ccccc5)c4c3)c3ccccc3-c3cccc4c3-c3ccccc3C4(C)C)ccc21. The van der Waals surface area contributed by atoms with E-state index in [9.17, 15) is 0 Å². The van der Waals surface area contributed by atoms with Crippen LogP contribution in [0.15, 0.2) is 182 Å². The van der Waals surface area contributed by atoms with E-state index in [4.69, 9.17) is 0 Å². The topological polar surface area (TPSA) is 8.17 Å². The van der Waals surface area contributed by atoms with Gasteiger partial charge in [-0.1, -0.05) is 161 Å². The van der Waals surface area contributed by atoms with E-state index in [2.05, 4.69) is 219 Å². The number of anilines is 3. The van der Waals surface area contributed by atoms with Crippen LogP contribution >= 0.6 is 0 Å².